The van der Waals surface area contributed by atoms with Gasteiger partial charge < -0.3 is 10.2 Å². The summed E-state index contributed by atoms with van der Waals surface area (Å²) in [7, 11) is -3.48. The molecule has 9 atom stereocenters. The molecule has 0 spiro atoms. The molecule has 1 aromatic carbocycles. The van der Waals surface area contributed by atoms with E-state index in [9.17, 15) is 18.6 Å². The summed E-state index contributed by atoms with van der Waals surface area (Å²) < 4.78 is 27.2. The Hall–Kier alpha value is -1.17. The third kappa shape index (κ3) is 5.17. The van der Waals surface area contributed by atoms with E-state index < -0.39 is 26.8 Å². The molecular formula is C33H50O4S. The number of aliphatic hydroxyl groups is 2. The first kappa shape index (κ1) is 28.4. The molecular weight excluding hydrogens is 492 g/mol. The second kappa shape index (κ2) is 11.0. The van der Waals surface area contributed by atoms with Gasteiger partial charge in [-0.25, -0.2) is 8.42 Å². The molecule has 3 fully saturated rings. The minimum absolute atomic E-state index is 0.287. The Morgan fingerprint density at radius 3 is 2.50 bits per heavy atom. The maximum absolute atomic E-state index is 13.6. The number of fused-ring (bicyclic) bond motifs is 5. The zero-order chi connectivity index (χ0) is 27.1. The number of sulfone groups is 1. The van der Waals surface area contributed by atoms with Gasteiger partial charge in [0.15, 0.2) is 9.84 Å². The average Bonchev–Trinajstić information content (AvgIpc) is 3.27. The summed E-state index contributed by atoms with van der Waals surface area (Å²) in [5, 5.41) is 20.9. The van der Waals surface area contributed by atoms with Gasteiger partial charge >= 0.3 is 0 Å². The van der Waals surface area contributed by atoms with E-state index in [-0.39, 0.29) is 5.41 Å². The molecule has 212 valence electrons. The normalized spacial score (nSPS) is 38.4. The van der Waals surface area contributed by atoms with Crippen LogP contribution in [0.25, 0.3) is 0 Å². The summed E-state index contributed by atoms with van der Waals surface area (Å²) in [6.07, 6.45) is 14.4. The number of aliphatic hydroxyl groups excluding tert-OH is 1. The Kier molecular flexibility index (Phi) is 8.22. The molecule has 0 radical (unpaired) electrons. The quantitative estimate of drug-likeness (QED) is 0.326. The Balaban J connectivity index is 1.30. The molecule has 3 saturated carbocycles. The van der Waals surface area contributed by atoms with Gasteiger partial charge in [-0.05, 0) is 131 Å². The number of hydrogen-bond acceptors (Lipinski definition) is 4. The van der Waals surface area contributed by atoms with Gasteiger partial charge in [-0.1, -0.05) is 50.6 Å². The fraction of sp³-hybridized carbons (Fsp3) is 0.758. The van der Waals surface area contributed by atoms with Gasteiger partial charge in [-0.3, -0.25) is 0 Å². The lowest BCUT2D eigenvalue weighted by Gasteiger charge is -2.54. The van der Waals surface area contributed by atoms with Crippen LogP contribution in [0.2, 0.25) is 0 Å². The van der Waals surface area contributed by atoms with E-state index in [4.69, 9.17) is 0 Å². The van der Waals surface area contributed by atoms with Crippen LogP contribution < -0.4 is 0 Å². The lowest BCUT2D eigenvalue weighted by Crippen LogP contribution is -2.47. The summed E-state index contributed by atoms with van der Waals surface area (Å²) in [6, 6.07) is 8.84. The van der Waals surface area contributed by atoms with Crippen molar-refractivity contribution in [3.05, 3.63) is 42.0 Å². The Bertz CT molecular complexity index is 1100. The van der Waals surface area contributed by atoms with Crippen LogP contribution in [0, 0.1) is 35.0 Å². The van der Waals surface area contributed by atoms with Gasteiger partial charge in [0.1, 0.15) is 0 Å². The first-order chi connectivity index (χ1) is 18.1. The second-order valence-electron chi connectivity index (χ2n) is 13.5. The molecule has 4 nitrogen and oxygen atoms in total. The molecule has 0 heterocycles. The van der Waals surface area contributed by atoms with Gasteiger partial charge in [0.05, 0.1) is 21.9 Å². The molecule has 0 aliphatic heterocycles. The lowest BCUT2D eigenvalue weighted by molar-refractivity contribution is -0.0407. The van der Waals surface area contributed by atoms with Crippen LogP contribution in [0.5, 0.6) is 0 Å². The van der Waals surface area contributed by atoms with Crippen molar-refractivity contribution in [3.8, 4) is 0 Å². The molecule has 4 aliphatic carbocycles. The second-order valence-corrected chi connectivity index (χ2v) is 15.8. The maximum Gasteiger partial charge on any atom is 0.181 e. The zero-order valence-electron chi connectivity index (χ0n) is 23.8. The van der Waals surface area contributed by atoms with E-state index in [1.165, 1.54) is 25.7 Å². The SMILES string of the molecule is CCC(O)CC(CC[C@H]1CCC2C3CC=C4C[C@](O)(CC)CCC4C3CCC21C)S(=O)(=O)c1ccccc1. The molecule has 38 heavy (non-hydrogen) atoms. The van der Waals surface area contributed by atoms with Gasteiger partial charge in [0, 0.05) is 0 Å². The van der Waals surface area contributed by atoms with Crippen LogP contribution in [-0.4, -0.2) is 35.6 Å². The smallest absolute Gasteiger partial charge is 0.181 e. The van der Waals surface area contributed by atoms with Gasteiger partial charge in [-0.15, -0.1) is 0 Å². The number of benzene rings is 1. The van der Waals surface area contributed by atoms with E-state index in [0.717, 1.165) is 56.3 Å². The Morgan fingerprint density at radius 1 is 1.03 bits per heavy atom. The van der Waals surface area contributed by atoms with E-state index in [1.807, 2.05) is 13.0 Å². The predicted molar refractivity (Wildman–Crippen MR) is 153 cm³/mol. The summed E-state index contributed by atoms with van der Waals surface area (Å²) in [5.41, 5.74) is 1.35. The van der Waals surface area contributed by atoms with Crippen molar-refractivity contribution in [3.63, 3.8) is 0 Å². The molecule has 5 heteroatoms. The average molecular weight is 543 g/mol. The fourth-order valence-corrected chi connectivity index (χ4v) is 11.2. The topological polar surface area (TPSA) is 74.6 Å². The van der Waals surface area contributed by atoms with E-state index in [1.54, 1.807) is 29.8 Å². The fourth-order valence-electron chi connectivity index (χ4n) is 9.31. The molecule has 5 rings (SSSR count). The molecule has 2 N–H and O–H groups in total. The van der Waals surface area contributed by atoms with Crippen LogP contribution in [0.15, 0.2) is 46.9 Å². The van der Waals surface area contributed by atoms with Crippen molar-refractivity contribution in [2.75, 3.05) is 0 Å². The number of rotatable bonds is 9. The minimum Gasteiger partial charge on any atom is -0.393 e. The lowest BCUT2D eigenvalue weighted by atomic mass is 9.51. The summed E-state index contributed by atoms with van der Waals surface area (Å²) in [6.45, 7) is 6.57. The largest absolute Gasteiger partial charge is 0.393 e. The monoisotopic (exact) mass is 542 g/mol. The third-order valence-electron chi connectivity index (χ3n) is 11.8. The van der Waals surface area contributed by atoms with Crippen LogP contribution in [0.1, 0.15) is 104 Å². The standard InChI is InChI=1S/C33H50O4S/c1-4-25(34)21-27(38(36,37)26-9-7-6-8-10-26)14-12-24-13-16-31-30-15-11-23-22-33(35,5-2)20-18-28(23)29(30)17-19-32(24,31)3/h6-11,24-25,27-31,34-35H,4-5,12-22H2,1-3H3/t24-,25?,27?,28?,29?,30?,31?,32?,33-/m0/s1. The Labute approximate surface area is 231 Å². The molecule has 0 amide bonds. The van der Waals surface area contributed by atoms with E-state index in [0.29, 0.717) is 36.0 Å². The van der Waals surface area contributed by atoms with Crippen LogP contribution >= 0.6 is 0 Å². The molecule has 7 unspecified atom stereocenters. The third-order valence-corrected chi connectivity index (χ3v) is 14.0. The van der Waals surface area contributed by atoms with Gasteiger partial charge in [0.25, 0.3) is 0 Å². The highest BCUT2D eigenvalue weighted by molar-refractivity contribution is 7.92. The van der Waals surface area contributed by atoms with Crippen molar-refractivity contribution < 1.29 is 18.6 Å². The molecule has 0 aromatic heterocycles. The van der Waals surface area contributed by atoms with Crippen LogP contribution in [0.4, 0.5) is 0 Å². The van der Waals surface area contributed by atoms with Crippen molar-refractivity contribution in [2.45, 2.75) is 126 Å². The van der Waals surface area contributed by atoms with Crippen LogP contribution in [0.3, 0.4) is 0 Å². The predicted octanol–water partition coefficient (Wildman–Crippen LogP) is 7.10. The van der Waals surface area contributed by atoms with Crippen LogP contribution in [-0.2, 0) is 9.84 Å². The summed E-state index contributed by atoms with van der Waals surface area (Å²) in [5.74, 6) is 3.45. The van der Waals surface area contributed by atoms with Crippen molar-refractivity contribution >= 4 is 9.84 Å². The first-order valence-electron chi connectivity index (χ1n) is 15.5. The highest BCUT2D eigenvalue weighted by Gasteiger charge is 2.56. The van der Waals surface area contributed by atoms with Gasteiger partial charge in [-0.2, -0.15) is 0 Å². The van der Waals surface area contributed by atoms with E-state index in [2.05, 4.69) is 19.9 Å². The van der Waals surface area contributed by atoms with E-state index >= 15 is 0 Å². The minimum atomic E-state index is -3.48. The number of hydrogen-bond donors (Lipinski definition) is 2. The molecule has 1 aromatic rings. The van der Waals surface area contributed by atoms with Crippen molar-refractivity contribution in [1.82, 2.24) is 0 Å². The summed E-state index contributed by atoms with van der Waals surface area (Å²) in [4.78, 5) is 0.386. The maximum atomic E-state index is 13.6. The highest BCUT2D eigenvalue weighted by Crippen LogP contribution is 2.64. The molecule has 0 saturated heterocycles. The van der Waals surface area contributed by atoms with Gasteiger partial charge in [0.2, 0.25) is 0 Å². The zero-order valence-corrected chi connectivity index (χ0v) is 24.6. The first-order valence-corrected chi connectivity index (χ1v) is 17.0. The Morgan fingerprint density at radius 2 is 1.79 bits per heavy atom. The molecule has 4 aliphatic rings. The van der Waals surface area contributed by atoms with Crippen molar-refractivity contribution in [2.24, 2.45) is 35.0 Å². The molecule has 0 bridgehead atoms. The summed E-state index contributed by atoms with van der Waals surface area (Å²) >= 11 is 0. The highest BCUT2D eigenvalue weighted by atomic mass is 32.2. The number of allylic oxidation sites excluding steroid dienone is 1. The van der Waals surface area contributed by atoms with Crippen molar-refractivity contribution in [1.29, 1.82) is 0 Å².